The Morgan fingerprint density at radius 1 is 1.21 bits per heavy atom. The number of benzene rings is 1. The van der Waals surface area contributed by atoms with Crippen LogP contribution in [0.5, 0.6) is 0 Å². The van der Waals surface area contributed by atoms with Crippen molar-refractivity contribution >= 4 is 11.6 Å². The predicted octanol–water partition coefficient (Wildman–Crippen LogP) is 1.88. The van der Waals surface area contributed by atoms with E-state index in [0.717, 1.165) is 51.3 Å². The van der Waals surface area contributed by atoms with Crippen LogP contribution in [0.4, 0.5) is 10.1 Å². The summed E-state index contributed by atoms with van der Waals surface area (Å²) in [5.41, 5.74) is 1.03. The van der Waals surface area contributed by atoms with Gasteiger partial charge in [0.25, 0.3) is 0 Å². The van der Waals surface area contributed by atoms with E-state index in [9.17, 15) is 9.18 Å². The van der Waals surface area contributed by atoms with Gasteiger partial charge in [-0.15, -0.1) is 0 Å². The molecule has 24 heavy (non-hydrogen) atoms. The van der Waals surface area contributed by atoms with Crippen LogP contribution in [0.15, 0.2) is 24.3 Å². The summed E-state index contributed by atoms with van der Waals surface area (Å²) in [7, 11) is 1.69. The number of amides is 1. The van der Waals surface area contributed by atoms with Crippen molar-refractivity contribution in [1.29, 1.82) is 0 Å². The van der Waals surface area contributed by atoms with Gasteiger partial charge in [0.1, 0.15) is 5.82 Å². The molecule has 1 atom stereocenters. The highest BCUT2D eigenvalue weighted by Crippen LogP contribution is 2.17. The van der Waals surface area contributed by atoms with Crippen LogP contribution in [0.2, 0.25) is 0 Å². The van der Waals surface area contributed by atoms with Gasteiger partial charge in [0, 0.05) is 52.1 Å². The number of anilines is 1. The molecular formula is C18H28FN3O2. The molecule has 5 nitrogen and oxygen atoms in total. The average Bonchev–Trinajstić information content (AvgIpc) is 2.61. The van der Waals surface area contributed by atoms with Gasteiger partial charge in [-0.1, -0.05) is 0 Å². The van der Waals surface area contributed by atoms with Gasteiger partial charge < -0.3 is 15.0 Å². The van der Waals surface area contributed by atoms with Gasteiger partial charge in [0.2, 0.25) is 5.91 Å². The molecule has 0 bridgehead atoms. The van der Waals surface area contributed by atoms with Crippen molar-refractivity contribution in [3.05, 3.63) is 30.1 Å². The molecule has 0 saturated carbocycles. The first-order valence-electron chi connectivity index (χ1n) is 8.63. The third kappa shape index (κ3) is 5.46. The topological polar surface area (TPSA) is 44.8 Å². The van der Waals surface area contributed by atoms with E-state index < -0.39 is 0 Å². The van der Waals surface area contributed by atoms with Crippen molar-refractivity contribution < 1.29 is 13.9 Å². The lowest BCUT2D eigenvalue weighted by atomic mass is 10.2. The lowest BCUT2D eigenvalue weighted by Crippen LogP contribution is -2.54. The monoisotopic (exact) mass is 337 g/mol. The molecule has 2 rings (SSSR count). The first kappa shape index (κ1) is 18.7. The van der Waals surface area contributed by atoms with Crippen LogP contribution in [0.25, 0.3) is 0 Å². The van der Waals surface area contributed by atoms with Gasteiger partial charge in [0.15, 0.2) is 0 Å². The Labute approximate surface area is 143 Å². The fraction of sp³-hybridized carbons (Fsp3) is 0.611. The minimum atomic E-state index is -0.215. The quantitative estimate of drug-likeness (QED) is 0.736. The molecule has 1 aliphatic rings. The standard InChI is InChI=1S/C18H28FN3O2/c1-15(18(23)20-9-3-4-14-24-2)21-10-12-22(13-11-21)17-7-5-16(19)6-8-17/h5-8,15H,3-4,9-14H2,1-2H3,(H,20,23). The molecule has 0 aliphatic carbocycles. The number of unbranched alkanes of at least 4 members (excludes halogenated alkanes) is 1. The van der Waals surface area contributed by atoms with Gasteiger partial charge in [-0.2, -0.15) is 0 Å². The summed E-state index contributed by atoms with van der Waals surface area (Å²) in [6.45, 7) is 6.73. The molecule has 1 fully saturated rings. The zero-order chi connectivity index (χ0) is 17.4. The molecule has 1 aromatic carbocycles. The van der Waals surface area contributed by atoms with Gasteiger partial charge in [-0.3, -0.25) is 9.69 Å². The van der Waals surface area contributed by atoms with E-state index in [4.69, 9.17) is 4.74 Å². The number of nitrogens with zero attached hydrogens (tertiary/aromatic N) is 2. The van der Waals surface area contributed by atoms with Crippen molar-refractivity contribution in [3.8, 4) is 0 Å². The Morgan fingerprint density at radius 3 is 2.50 bits per heavy atom. The summed E-state index contributed by atoms with van der Waals surface area (Å²) in [5, 5.41) is 3.00. The summed E-state index contributed by atoms with van der Waals surface area (Å²) >= 11 is 0. The summed E-state index contributed by atoms with van der Waals surface area (Å²) in [4.78, 5) is 16.7. The second-order valence-electron chi connectivity index (χ2n) is 6.17. The minimum absolute atomic E-state index is 0.0858. The summed E-state index contributed by atoms with van der Waals surface area (Å²) in [6, 6.07) is 6.47. The normalized spacial score (nSPS) is 16.9. The molecule has 1 aliphatic heterocycles. The third-order valence-electron chi connectivity index (χ3n) is 4.51. The number of halogens is 1. The molecule has 1 unspecified atom stereocenters. The Kier molecular flexibility index (Phi) is 7.46. The van der Waals surface area contributed by atoms with E-state index in [0.29, 0.717) is 6.54 Å². The second kappa shape index (κ2) is 9.59. The molecule has 1 amide bonds. The van der Waals surface area contributed by atoms with Crippen LogP contribution in [0.1, 0.15) is 19.8 Å². The number of methoxy groups -OCH3 is 1. The van der Waals surface area contributed by atoms with Crippen LogP contribution < -0.4 is 10.2 Å². The van der Waals surface area contributed by atoms with E-state index in [1.807, 2.05) is 6.92 Å². The smallest absolute Gasteiger partial charge is 0.237 e. The lowest BCUT2D eigenvalue weighted by molar-refractivity contribution is -0.126. The molecule has 1 N–H and O–H groups in total. The number of ether oxygens (including phenoxy) is 1. The number of hydrogen-bond donors (Lipinski definition) is 1. The molecule has 1 saturated heterocycles. The summed E-state index contributed by atoms with van der Waals surface area (Å²) < 4.78 is 18.0. The van der Waals surface area contributed by atoms with Crippen LogP contribution in [-0.4, -0.2) is 63.3 Å². The Balaban J connectivity index is 1.72. The maximum absolute atomic E-state index is 13.0. The minimum Gasteiger partial charge on any atom is -0.385 e. The summed E-state index contributed by atoms with van der Waals surface area (Å²) in [5.74, 6) is -0.129. The van der Waals surface area contributed by atoms with Gasteiger partial charge in [-0.05, 0) is 44.0 Å². The molecule has 1 aromatic rings. The largest absolute Gasteiger partial charge is 0.385 e. The fourth-order valence-electron chi connectivity index (χ4n) is 2.92. The highest BCUT2D eigenvalue weighted by atomic mass is 19.1. The van der Waals surface area contributed by atoms with E-state index in [-0.39, 0.29) is 17.8 Å². The summed E-state index contributed by atoms with van der Waals surface area (Å²) in [6.07, 6.45) is 1.89. The zero-order valence-corrected chi connectivity index (χ0v) is 14.6. The number of hydrogen-bond acceptors (Lipinski definition) is 4. The van der Waals surface area contributed by atoms with E-state index >= 15 is 0 Å². The van der Waals surface area contributed by atoms with Crippen molar-refractivity contribution in [2.75, 3.05) is 51.3 Å². The van der Waals surface area contributed by atoms with E-state index in [1.165, 1.54) is 12.1 Å². The zero-order valence-electron chi connectivity index (χ0n) is 14.6. The maximum Gasteiger partial charge on any atom is 0.237 e. The number of nitrogens with one attached hydrogen (secondary N) is 1. The van der Waals surface area contributed by atoms with Crippen molar-refractivity contribution in [1.82, 2.24) is 10.2 Å². The second-order valence-corrected chi connectivity index (χ2v) is 6.17. The van der Waals surface area contributed by atoms with E-state index in [2.05, 4.69) is 15.1 Å². The van der Waals surface area contributed by atoms with Gasteiger partial charge in [0.05, 0.1) is 6.04 Å². The number of carbonyl (C=O) groups is 1. The van der Waals surface area contributed by atoms with Crippen LogP contribution >= 0.6 is 0 Å². The van der Waals surface area contributed by atoms with Crippen molar-refractivity contribution in [3.63, 3.8) is 0 Å². The maximum atomic E-state index is 13.0. The Hall–Kier alpha value is -1.66. The average molecular weight is 337 g/mol. The molecule has 1 heterocycles. The first-order chi connectivity index (χ1) is 11.6. The molecule has 0 spiro atoms. The van der Waals surface area contributed by atoms with Crippen molar-refractivity contribution in [2.45, 2.75) is 25.8 Å². The third-order valence-corrected chi connectivity index (χ3v) is 4.51. The van der Waals surface area contributed by atoms with Gasteiger partial charge >= 0.3 is 0 Å². The van der Waals surface area contributed by atoms with Gasteiger partial charge in [-0.25, -0.2) is 4.39 Å². The molecule has 6 heteroatoms. The van der Waals surface area contributed by atoms with E-state index in [1.54, 1.807) is 19.2 Å². The number of rotatable bonds is 8. The number of carbonyl (C=O) groups excluding carboxylic acids is 1. The number of piperazine rings is 1. The molecule has 0 radical (unpaired) electrons. The first-order valence-corrected chi connectivity index (χ1v) is 8.63. The fourth-order valence-corrected chi connectivity index (χ4v) is 2.92. The lowest BCUT2D eigenvalue weighted by Gasteiger charge is -2.38. The predicted molar refractivity (Wildman–Crippen MR) is 93.8 cm³/mol. The SMILES string of the molecule is COCCCCNC(=O)C(C)N1CCN(c2ccc(F)cc2)CC1. The van der Waals surface area contributed by atoms with Crippen LogP contribution in [0.3, 0.4) is 0 Å². The molecular weight excluding hydrogens is 309 g/mol. The molecule has 134 valence electrons. The van der Waals surface area contributed by atoms with Crippen LogP contribution in [0, 0.1) is 5.82 Å². The highest BCUT2D eigenvalue weighted by Gasteiger charge is 2.25. The van der Waals surface area contributed by atoms with Crippen LogP contribution in [-0.2, 0) is 9.53 Å². The highest BCUT2D eigenvalue weighted by molar-refractivity contribution is 5.81. The Morgan fingerprint density at radius 2 is 1.88 bits per heavy atom. The van der Waals surface area contributed by atoms with Crippen molar-refractivity contribution in [2.24, 2.45) is 0 Å². The Bertz CT molecular complexity index is 501. The molecule has 0 aromatic heterocycles.